The molecule has 2 aliphatic carbocycles. The third-order valence-electron chi connectivity index (χ3n) is 15.5. The van der Waals surface area contributed by atoms with Gasteiger partial charge in [-0.2, -0.15) is 0 Å². The smallest absolute Gasteiger partial charge is 0.506 e. The highest BCUT2D eigenvalue weighted by atomic mass is 31.1. The molecule has 2 N–H and O–H groups in total. The summed E-state index contributed by atoms with van der Waals surface area (Å²) in [5.74, 6) is -11.4. The highest BCUT2D eigenvalue weighted by molar-refractivity contribution is 7.33. The van der Waals surface area contributed by atoms with Gasteiger partial charge in [0.15, 0.2) is 49.6 Å². The minimum atomic E-state index is -3.90. The van der Waals surface area contributed by atoms with Crippen LogP contribution in [0.2, 0.25) is 0 Å². The van der Waals surface area contributed by atoms with E-state index >= 15 is 13.3 Å². The fourth-order valence-electron chi connectivity index (χ4n) is 10.1. The van der Waals surface area contributed by atoms with Gasteiger partial charge in [0.05, 0.1) is 33.0 Å². The third-order valence-corrected chi connectivity index (χ3v) is 16.4. The van der Waals surface area contributed by atoms with Gasteiger partial charge in [-0.25, -0.2) is 8.78 Å². The Bertz CT molecular complexity index is 2860. The van der Waals surface area contributed by atoms with Gasteiger partial charge < -0.3 is 38.6 Å². The average molecular weight is 1220 g/mol. The summed E-state index contributed by atoms with van der Waals surface area (Å²) >= 11 is 0. The number of ether oxygens (including phenoxy) is 6. The number of pyridine rings is 2. The van der Waals surface area contributed by atoms with Crippen LogP contribution in [-0.2, 0) is 64.6 Å². The first kappa shape index (κ1) is 68.8. The predicted molar refractivity (Wildman–Crippen MR) is 319 cm³/mol. The van der Waals surface area contributed by atoms with Gasteiger partial charge in [0, 0.05) is 40.6 Å². The zero-order valence-electron chi connectivity index (χ0n) is 53.2. The molecule has 2 aromatic carbocycles. The van der Waals surface area contributed by atoms with E-state index in [9.17, 15) is 29.4 Å². The van der Waals surface area contributed by atoms with Crippen LogP contribution in [0.5, 0.6) is 23.0 Å². The Kier molecular flexibility index (Phi) is 22.3. The summed E-state index contributed by atoms with van der Waals surface area (Å²) in [4.78, 5) is 64.4. The first-order valence-electron chi connectivity index (χ1n) is 29.8. The van der Waals surface area contributed by atoms with Crippen LogP contribution in [0.3, 0.4) is 0 Å². The van der Waals surface area contributed by atoms with E-state index in [4.69, 9.17) is 47.4 Å². The van der Waals surface area contributed by atoms with Crippen molar-refractivity contribution in [2.45, 2.75) is 211 Å². The number of hydrogen-bond acceptors (Lipinski definition) is 17. The molecule has 0 aliphatic heterocycles. The monoisotopic (exact) mass is 1220 g/mol. The Morgan fingerprint density at radius 3 is 1.07 bits per heavy atom. The molecular formula is C66H90F2N2O15P+. The summed E-state index contributed by atoms with van der Waals surface area (Å²) < 4.78 is 98.3. The molecule has 17 nitrogen and oxygen atoms in total. The number of halogens is 2. The van der Waals surface area contributed by atoms with E-state index in [0.29, 0.717) is 45.0 Å². The summed E-state index contributed by atoms with van der Waals surface area (Å²) in [5.41, 5.74) is -0.0480. The number of hydrogen-bond donors (Lipinski definition) is 2. The average Bonchev–Trinajstić information content (AvgIpc) is 1.09. The Hall–Kier alpha value is -6.30. The van der Waals surface area contributed by atoms with Crippen LogP contribution >= 0.6 is 8.25 Å². The highest BCUT2D eigenvalue weighted by Gasteiger charge is 2.56. The molecule has 2 saturated carbocycles. The van der Waals surface area contributed by atoms with Gasteiger partial charge >= 0.3 is 43.7 Å². The van der Waals surface area contributed by atoms with Crippen LogP contribution in [0, 0.1) is 61.0 Å². The second-order valence-electron chi connectivity index (χ2n) is 27.4. The lowest BCUT2D eigenvalue weighted by atomic mass is 9.86. The van der Waals surface area contributed by atoms with E-state index in [1.165, 1.54) is 26.0 Å². The van der Waals surface area contributed by atoms with Gasteiger partial charge in [-0.15, -0.1) is 0 Å². The largest absolute Gasteiger partial charge is 0.706 e. The lowest BCUT2D eigenvalue weighted by Gasteiger charge is -2.32. The van der Waals surface area contributed by atoms with Crippen LogP contribution in [-0.4, -0.2) is 82.1 Å². The molecular weight excluding hydrogens is 1130 g/mol. The molecule has 2 heterocycles. The number of aryl methyl sites for hydroxylation is 2. The molecule has 0 unspecified atom stereocenters. The fourth-order valence-corrected chi connectivity index (χ4v) is 11.0. The summed E-state index contributed by atoms with van der Waals surface area (Å²) in [6, 6.07) is 9.24. The number of carbonyl (C=O) groups excluding carboxylic acids is 4. The second-order valence-corrected chi connectivity index (χ2v) is 28.2. The molecule has 20 heteroatoms. The minimum absolute atomic E-state index is 0.0808. The van der Waals surface area contributed by atoms with Crippen molar-refractivity contribution in [1.82, 2.24) is 9.97 Å². The van der Waals surface area contributed by atoms with Gasteiger partial charge in [0.2, 0.25) is 0 Å². The maximum absolute atomic E-state index is 17.3. The standard InChI is InChI=1S/C66H89F2N2O15P/c1-39-31-51(53(67)41(3)47(39)33-45-27-29-49(71)55(69-45)43-23-19-17-20-24-43)82-65(35-78-57(73)61(5,6)7,36-79-58(74)62(8,9)10)84-86(77)85-66(37-80-59(75)63(11,12)13,38-81-60(76)64(14,15)16)83-52-32-40(2)48(42(4)54(52)68)34-46-28-30-50(72)56(70-46)44-25-21-18-22-26-44/h27-32,43-44H,17-26,33-38H2,1-16H3,(H-,71,72)/p+1. The Morgan fingerprint density at radius 2 is 0.791 bits per heavy atom. The van der Waals surface area contributed by atoms with E-state index in [1.807, 2.05) is 0 Å². The van der Waals surface area contributed by atoms with Crippen LogP contribution in [0.25, 0.3) is 0 Å². The van der Waals surface area contributed by atoms with Gasteiger partial charge in [0.1, 0.15) is 11.5 Å². The lowest BCUT2D eigenvalue weighted by Crippen LogP contribution is -2.51. The number of aromatic nitrogens is 2. The summed E-state index contributed by atoms with van der Waals surface area (Å²) in [6.07, 6.45) is 10.1. The summed E-state index contributed by atoms with van der Waals surface area (Å²) in [5, 5.41) is 21.7. The molecule has 0 saturated heterocycles. The van der Waals surface area contributed by atoms with Crippen molar-refractivity contribution in [1.29, 1.82) is 0 Å². The molecule has 6 rings (SSSR count). The SMILES string of the molecule is Cc1cc(OC(COC(=O)C(C)(C)C)(COC(=O)C(C)(C)C)O[P+](=O)OC(COC(=O)C(C)(C)C)(COC(=O)C(C)(C)C)Oc2cc(C)c(Cc3ccc(O)c(C4CCCCC4)n3)c(C)c2F)c(F)c(C)c1Cc1ccc(O)c(C2CCCCC2)n1. The first-order chi connectivity index (χ1) is 39.9. The Balaban J connectivity index is 1.46. The van der Waals surface area contributed by atoms with Crippen molar-refractivity contribution in [3.63, 3.8) is 0 Å². The summed E-state index contributed by atoms with van der Waals surface area (Å²) in [6.45, 7) is 21.1. The third kappa shape index (κ3) is 17.9. The molecule has 4 aromatic rings. The zero-order valence-corrected chi connectivity index (χ0v) is 54.1. The molecule has 2 aromatic heterocycles. The van der Waals surface area contributed by atoms with Crippen molar-refractivity contribution in [2.24, 2.45) is 21.7 Å². The van der Waals surface area contributed by atoms with Crippen molar-refractivity contribution in [3.8, 4) is 23.0 Å². The molecule has 472 valence electrons. The fraction of sp³-hybridized carbons (Fsp3) is 0.606. The Labute approximate surface area is 506 Å². The first-order valence-corrected chi connectivity index (χ1v) is 30.9. The normalized spacial score (nSPS) is 15.0. The van der Waals surface area contributed by atoms with Gasteiger partial charge in [-0.1, -0.05) is 47.6 Å². The molecule has 0 amide bonds. The number of nitrogens with zero attached hydrogens (tertiary/aromatic N) is 2. The van der Waals surface area contributed by atoms with E-state index in [2.05, 4.69) is 0 Å². The number of benzene rings is 2. The number of carbonyl (C=O) groups is 4. The van der Waals surface area contributed by atoms with E-state index in [0.717, 1.165) is 64.2 Å². The van der Waals surface area contributed by atoms with E-state index < -0.39 is 115 Å². The zero-order chi connectivity index (χ0) is 63.9. The molecule has 2 aliphatic rings. The van der Waals surface area contributed by atoms with Crippen molar-refractivity contribution in [3.05, 3.63) is 104 Å². The highest BCUT2D eigenvalue weighted by Crippen LogP contribution is 2.44. The predicted octanol–water partition coefficient (Wildman–Crippen LogP) is 14.6. The quantitative estimate of drug-likeness (QED) is 0.0323. The second kappa shape index (κ2) is 27.8. The van der Waals surface area contributed by atoms with Crippen LogP contribution in [0.4, 0.5) is 8.78 Å². The number of esters is 4. The maximum Gasteiger partial charge on any atom is 0.706 e. The topological polar surface area (TPSA) is 225 Å². The van der Waals surface area contributed by atoms with Crippen LogP contribution in [0.15, 0.2) is 36.4 Å². The van der Waals surface area contributed by atoms with Gasteiger partial charge in [-0.3, -0.25) is 29.1 Å². The van der Waals surface area contributed by atoms with Crippen LogP contribution < -0.4 is 9.47 Å². The van der Waals surface area contributed by atoms with Crippen LogP contribution in [0.1, 0.15) is 215 Å². The number of rotatable bonds is 22. The molecule has 86 heavy (non-hydrogen) atoms. The van der Waals surface area contributed by atoms with Crippen molar-refractivity contribution >= 4 is 32.1 Å². The molecule has 0 atom stereocenters. The van der Waals surface area contributed by atoms with Gasteiger partial charge in [0.25, 0.3) is 0 Å². The van der Waals surface area contributed by atoms with E-state index in [1.54, 1.807) is 121 Å². The number of aromatic hydroxyl groups is 2. The lowest BCUT2D eigenvalue weighted by molar-refractivity contribution is -0.225. The van der Waals surface area contributed by atoms with Crippen molar-refractivity contribution < 1.29 is 80.2 Å². The maximum atomic E-state index is 17.3. The van der Waals surface area contributed by atoms with Gasteiger partial charge in [-0.05, 0) is 206 Å². The molecule has 0 bridgehead atoms. The molecule has 0 spiro atoms. The molecule has 0 radical (unpaired) electrons. The Morgan fingerprint density at radius 1 is 0.500 bits per heavy atom. The molecule has 2 fully saturated rings. The summed E-state index contributed by atoms with van der Waals surface area (Å²) in [7, 11) is -3.90. The minimum Gasteiger partial charge on any atom is -0.506 e. The van der Waals surface area contributed by atoms with Crippen molar-refractivity contribution in [2.75, 3.05) is 26.4 Å². The van der Waals surface area contributed by atoms with E-state index in [-0.39, 0.29) is 47.3 Å².